The number of rotatable bonds is 11. The molecule has 2 aromatic heterocycles. The lowest BCUT2D eigenvalue weighted by Gasteiger charge is -2.25. The molecule has 0 aliphatic carbocycles. The number of aromatic amines is 2. The number of ether oxygens (including phenoxy) is 4. The summed E-state index contributed by atoms with van der Waals surface area (Å²) in [6.07, 6.45) is -0.914. The smallest absolute Gasteiger partial charge is 0.326 e. The molecule has 0 bridgehead atoms. The molecule has 1 aliphatic rings. The Kier molecular flexibility index (Phi) is 8.20. The molecule has 210 valence electrons. The number of hydrogen-bond donors (Lipinski definition) is 2. The predicted molar refractivity (Wildman–Crippen MR) is 151 cm³/mol. The number of benzene rings is 3. The highest BCUT2D eigenvalue weighted by Gasteiger charge is 2.48. The first-order valence-corrected chi connectivity index (χ1v) is 13.5. The van der Waals surface area contributed by atoms with Crippen molar-refractivity contribution in [3.05, 3.63) is 140 Å². The van der Waals surface area contributed by atoms with E-state index in [0.29, 0.717) is 25.4 Å². The highest BCUT2D eigenvalue weighted by atomic mass is 16.6. The summed E-state index contributed by atoms with van der Waals surface area (Å²) in [6.45, 7) is 1.29. The van der Waals surface area contributed by atoms with E-state index in [-0.39, 0.29) is 17.7 Å². The molecule has 5 aromatic rings. The van der Waals surface area contributed by atoms with Gasteiger partial charge in [-0.2, -0.15) is 0 Å². The van der Waals surface area contributed by atoms with Crippen LogP contribution in [0.4, 0.5) is 0 Å². The fourth-order valence-electron chi connectivity index (χ4n) is 5.08. The van der Waals surface area contributed by atoms with Crippen LogP contribution in [0.25, 0.3) is 11.1 Å². The molecule has 9 heteroatoms. The Morgan fingerprint density at radius 2 is 1.24 bits per heavy atom. The number of H-pyrrole nitrogens is 2. The summed E-state index contributed by atoms with van der Waals surface area (Å²) in [4.78, 5) is 29.4. The first-order valence-electron chi connectivity index (χ1n) is 13.5. The largest absolute Gasteiger partial charge is 0.456 e. The molecule has 1 aliphatic heterocycles. The van der Waals surface area contributed by atoms with Crippen molar-refractivity contribution in [2.45, 2.75) is 44.2 Å². The Bertz CT molecular complexity index is 1660. The second-order valence-electron chi connectivity index (χ2n) is 9.92. The molecule has 1 unspecified atom stereocenters. The lowest BCUT2D eigenvalue weighted by molar-refractivity contribution is -0.0898. The number of hydrogen-bond acceptors (Lipinski definition) is 7. The minimum Gasteiger partial charge on any atom is -0.456 e. The van der Waals surface area contributed by atoms with Crippen LogP contribution in [0.3, 0.4) is 0 Å². The van der Waals surface area contributed by atoms with E-state index in [2.05, 4.69) is 9.97 Å². The van der Waals surface area contributed by atoms with Gasteiger partial charge in [-0.15, -0.1) is 0 Å². The fourth-order valence-corrected chi connectivity index (χ4v) is 5.08. The van der Waals surface area contributed by atoms with Crippen LogP contribution in [0.5, 0.6) is 0 Å². The van der Waals surface area contributed by atoms with Gasteiger partial charge in [-0.1, -0.05) is 91.0 Å². The van der Waals surface area contributed by atoms with Crippen LogP contribution in [0.15, 0.2) is 111 Å². The van der Waals surface area contributed by atoms with Crippen molar-refractivity contribution < 1.29 is 23.4 Å². The second kappa shape index (κ2) is 12.5. The summed E-state index contributed by atoms with van der Waals surface area (Å²) in [5.74, 6) is 0. The third-order valence-corrected chi connectivity index (χ3v) is 7.07. The third-order valence-electron chi connectivity index (χ3n) is 7.07. The van der Waals surface area contributed by atoms with Gasteiger partial charge in [-0.25, -0.2) is 4.79 Å². The summed E-state index contributed by atoms with van der Waals surface area (Å²) in [5.41, 5.74) is 2.56. The minimum atomic E-state index is -0.705. The van der Waals surface area contributed by atoms with E-state index >= 15 is 0 Å². The molecule has 0 spiro atoms. The van der Waals surface area contributed by atoms with Crippen molar-refractivity contribution >= 4 is 11.1 Å². The van der Waals surface area contributed by atoms with Crippen molar-refractivity contribution in [2.24, 2.45) is 0 Å². The standard InChI is InChI=1S/C32H30N2O7/c35-31-29-26(33-32(36)34-31)24(19-40-29)27-30(39-18-23-14-8-3-9-15-23)28(38-17-22-12-6-2-7-13-22)25(41-27)20-37-16-21-10-4-1-5-11-21/h1-15,19,25,27-28,30H,16-18,20H2,(H2,33,34,35,36)/t25-,27?,28-,30+/m1/s1. The monoisotopic (exact) mass is 554 g/mol. The molecular formula is C32H30N2O7. The van der Waals surface area contributed by atoms with Crippen LogP contribution in [0.1, 0.15) is 28.4 Å². The Hall–Kier alpha value is -4.28. The molecule has 3 aromatic carbocycles. The maximum Gasteiger partial charge on any atom is 0.326 e. The number of aromatic nitrogens is 2. The molecular weight excluding hydrogens is 524 g/mol. The van der Waals surface area contributed by atoms with Crippen molar-refractivity contribution in [1.82, 2.24) is 9.97 Å². The zero-order valence-corrected chi connectivity index (χ0v) is 22.2. The van der Waals surface area contributed by atoms with E-state index in [1.165, 1.54) is 6.26 Å². The normalized spacial score (nSPS) is 20.5. The Morgan fingerprint density at radius 1 is 0.683 bits per heavy atom. The van der Waals surface area contributed by atoms with Crippen molar-refractivity contribution in [3.63, 3.8) is 0 Å². The van der Waals surface area contributed by atoms with Gasteiger partial charge in [0, 0.05) is 5.56 Å². The van der Waals surface area contributed by atoms with Crippen LogP contribution in [-0.2, 0) is 38.8 Å². The topological polar surface area (TPSA) is 116 Å². The molecule has 1 saturated heterocycles. The quantitative estimate of drug-likeness (QED) is 0.244. The van der Waals surface area contributed by atoms with Gasteiger partial charge < -0.3 is 28.3 Å². The van der Waals surface area contributed by atoms with Crippen LogP contribution in [0.2, 0.25) is 0 Å². The number of fused-ring (bicyclic) bond motifs is 1. The average Bonchev–Trinajstić information content (AvgIpc) is 3.57. The Labute approximate surface area is 235 Å². The van der Waals surface area contributed by atoms with E-state index < -0.39 is 35.7 Å². The van der Waals surface area contributed by atoms with Gasteiger partial charge in [0.1, 0.15) is 29.9 Å². The summed E-state index contributed by atoms with van der Waals surface area (Å²) < 4.78 is 31.2. The molecule has 6 rings (SSSR count). The van der Waals surface area contributed by atoms with E-state index in [1.807, 2.05) is 91.0 Å². The van der Waals surface area contributed by atoms with Crippen LogP contribution < -0.4 is 11.2 Å². The van der Waals surface area contributed by atoms with Crippen LogP contribution in [-0.4, -0.2) is 34.9 Å². The SMILES string of the molecule is O=c1[nH]c(=O)c2occ(C3O[C@H](COCc4ccccc4)[C@@H](OCc4ccccc4)[C@H]3OCc3ccccc3)c2[nH]1. The van der Waals surface area contributed by atoms with E-state index in [0.717, 1.165) is 16.7 Å². The highest BCUT2D eigenvalue weighted by Crippen LogP contribution is 2.40. The zero-order valence-electron chi connectivity index (χ0n) is 22.2. The summed E-state index contributed by atoms with van der Waals surface area (Å²) >= 11 is 0. The molecule has 0 saturated carbocycles. The van der Waals surface area contributed by atoms with Gasteiger partial charge >= 0.3 is 5.69 Å². The van der Waals surface area contributed by atoms with Gasteiger partial charge in [0.15, 0.2) is 0 Å². The van der Waals surface area contributed by atoms with Gasteiger partial charge in [0.25, 0.3) is 5.56 Å². The maximum atomic E-state index is 12.4. The predicted octanol–water partition coefficient (Wildman–Crippen LogP) is 4.64. The number of furan rings is 1. The Balaban J connectivity index is 1.32. The lowest BCUT2D eigenvalue weighted by atomic mass is 10.0. The average molecular weight is 555 g/mol. The van der Waals surface area contributed by atoms with E-state index in [1.54, 1.807) is 0 Å². The van der Waals surface area contributed by atoms with Crippen LogP contribution >= 0.6 is 0 Å². The maximum absolute atomic E-state index is 12.4. The first kappa shape index (κ1) is 26.9. The molecule has 1 fully saturated rings. The number of nitrogens with one attached hydrogen (secondary N) is 2. The lowest BCUT2D eigenvalue weighted by Crippen LogP contribution is -2.37. The van der Waals surface area contributed by atoms with Gasteiger partial charge in [0.2, 0.25) is 5.58 Å². The first-order chi connectivity index (χ1) is 20.2. The molecule has 41 heavy (non-hydrogen) atoms. The molecule has 0 amide bonds. The summed E-state index contributed by atoms with van der Waals surface area (Å²) in [5, 5.41) is 0. The Morgan fingerprint density at radius 3 is 1.85 bits per heavy atom. The third kappa shape index (κ3) is 6.23. The fraction of sp³-hybridized carbons (Fsp3) is 0.250. The molecule has 0 radical (unpaired) electrons. The van der Waals surface area contributed by atoms with E-state index in [9.17, 15) is 9.59 Å². The highest BCUT2D eigenvalue weighted by molar-refractivity contribution is 5.75. The molecule has 2 N–H and O–H groups in total. The minimum absolute atomic E-state index is 0.00976. The molecule has 3 heterocycles. The van der Waals surface area contributed by atoms with Crippen molar-refractivity contribution in [3.8, 4) is 0 Å². The van der Waals surface area contributed by atoms with Gasteiger partial charge in [-0.05, 0) is 16.7 Å². The van der Waals surface area contributed by atoms with Crippen molar-refractivity contribution in [2.75, 3.05) is 6.61 Å². The molecule has 9 nitrogen and oxygen atoms in total. The van der Waals surface area contributed by atoms with E-state index in [4.69, 9.17) is 23.4 Å². The second-order valence-corrected chi connectivity index (χ2v) is 9.92. The van der Waals surface area contributed by atoms with Gasteiger partial charge in [0.05, 0.1) is 32.7 Å². The van der Waals surface area contributed by atoms with Gasteiger partial charge in [-0.3, -0.25) is 9.78 Å². The van der Waals surface area contributed by atoms with Crippen LogP contribution in [0, 0.1) is 0 Å². The zero-order chi connectivity index (χ0) is 28.0. The van der Waals surface area contributed by atoms with Crippen molar-refractivity contribution in [1.29, 1.82) is 0 Å². The molecule has 4 atom stereocenters. The summed E-state index contributed by atoms with van der Waals surface area (Å²) in [7, 11) is 0. The summed E-state index contributed by atoms with van der Waals surface area (Å²) in [6, 6.07) is 29.6.